The van der Waals surface area contributed by atoms with Gasteiger partial charge >= 0.3 is 203 Å². The van der Waals surface area contributed by atoms with Crippen molar-refractivity contribution in [2.45, 2.75) is 43.7 Å². The molecule has 0 bridgehead atoms. The molecule has 0 saturated carbocycles. The second-order valence-corrected chi connectivity index (χ2v) is 18.5. The van der Waals surface area contributed by atoms with Crippen molar-refractivity contribution in [3.8, 4) is 22.3 Å². The molecule has 1 unspecified atom stereocenters. The quantitative estimate of drug-likeness (QED) is 0.317. The maximum absolute atomic E-state index is 6.73. The molecule has 0 radical (unpaired) electrons. The van der Waals surface area contributed by atoms with E-state index < -0.39 is 19.4 Å². The van der Waals surface area contributed by atoms with Crippen LogP contribution in [0, 0.1) is 5.92 Å². The zero-order valence-corrected chi connectivity index (χ0v) is 22.8. The van der Waals surface area contributed by atoms with Crippen LogP contribution in [0.15, 0.2) is 72.3 Å². The van der Waals surface area contributed by atoms with Crippen LogP contribution in [-0.2, 0) is 24.8 Å². The minimum atomic E-state index is -2.56. The number of hydrogen-bond donors (Lipinski definition) is 0. The summed E-state index contributed by atoms with van der Waals surface area (Å²) in [7, 11) is 13.5. The van der Waals surface area contributed by atoms with Crippen LogP contribution in [0.4, 0.5) is 0 Å². The van der Waals surface area contributed by atoms with Crippen molar-refractivity contribution in [3.63, 3.8) is 0 Å². The Hall–Kier alpha value is -1.14. The molecule has 3 heteroatoms. The predicted octanol–water partition coefficient (Wildman–Crippen LogP) is 9.34. The molecule has 0 nitrogen and oxygen atoms in total. The van der Waals surface area contributed by atoms with Gasteiger partial charge in [0.1, 0.15) is 0 Å². The Balaban J connectivity index is 2.07. The third kappa shape index (κ3) is 4.39. The summed E-state index contributed by atoms with van der Waals surface area (Å²) in [6.45, 7) is 11.4. The molecule has 1 atom stereocenters. The van der Waals surface area contributed by atoms with Crippen LogP contribution in [0.3, 0.4) is 0 Å². The van der Waals surface area contributed by atoms with Gasteiger partial charge in [0.2, 0.25) is 0 Å². The molecule has 3 aromatic carbocycles. The summed E-state index contributed by atoms with van der Waals surface area (Å²) in [4.78, 5) is 0. The molecule has 1 aliphatic carbocycles. The summed E-state index contributed by atoms with van der Waals surface area (Å²) in [6, 6.07) is 24.1. The Morgan fingerprint density at radius 2 is 1.42 bits per heavy atom. The molecule has 159 valence electrons. The fourth-order valence-electron chi connectivity index (χ4n) is 4.70. The Bertz CT molecular complexity index is 1120. The fraction of sp³-hybridized carbons (Fsp3) is 0.286. The Kier molecular flexibility index (Phi) is 6.70. The van der Waals surface area contributed by atoms with Crippen LogP contribution in [0.25, 0.3) is 28.3 Å². The topological polar surface area (TPSA) is 0 Å². The SMILES string of the molecule is CC(C)C1=Cc2c(ccc(C(C)(C)C)c2-c2ccccc2-c2ccccc2)[CH]1[Zr]([Cl])[Cl]. The monoisotopic (exact) mass is 525 g/mol. The van der Waals surface area contributed by atoms with E-state index in [2.05, 4.69) is 107 Å². The predicted molar refractivity (Wildman–Crippen MR) is 133 cm³/mol. The van der Waals surface area contributed by atoms with E-state index in [-0.39, 0.29) is 9.04 Å². The summed E-state index contributed by atoms with van der Waals surface area (Å²) in [5.41, 5.74) is 10.6. The third-order valence-electron chi connectivity index (χ3n) is 6.21. The Morgan fingerprint density at radius 3 is 2.00 bits per heavy atom. The number of halogens is 2. The van der Waals surface area contributed by atoms with Crippen molar-refractivity contribution in [3.05, 3.63) is 89.0 Å². The van der Waals surface area contributed by atoms with E-state index in [1.54, 1.807) is 0 Å². The summed E-state index contributed by atoms with van der Waals surface area (Å²) < 4.78 is 0.234. The van der Waals surface area contributed by atoms with Gasteiger partial charge in [-0.1, -0.05) is 0 Å². The zero-order valence-electron chi connectivity index (χ0n) is 18.8. The van der Waals surface area contributed by atoms with Crippen LogP contribution < -0.4 is 0 Å². The maximum atomic E-state index is 6.73. The van der Waals surface area contributed by atoms with Crippen molar-refractivity contribution in [1.29, 1.82) is 0 Å². The van der Waals surface area contributed by atoms with E-state index in [9.17, 15) is 0 Å². The van der Waals surface area contributed by atoms with Gasteiger partial charge in [0.05, 0.1) is 0 Å². The fourth-order valence-corrected chi connectivity index (χ4v) is 10.4. The molecule has 0 fully saturated rings. The molecule has 0 aliphatic heterocycles. The van der Waals surface area contributed by atoms with Crippen molar-refractivity contribution in [2.75, 3.05) is 0 Å². The summed E-state index contributed by atoms with van der Waals surface area (Å²) >= 11 is -2.56. The summed E-state index contributed by atoms with van der Waals surface area (Å²) in [5.74, 6) is 0.431. The summed E-state index contributed by atoms with van der Waals surface area (Å²) in [5, 5.41) is 0. The van der Waals surface area contributed by atoms with E-state index >= 15 is 0 Å². The molecular weight excluding hydrogens is 498 g/mol. The van der Waals surface area contributed by atoms with Crippen LogP contribution >= 0.6 is 17.0 Å². The van der Waals surface area contributed by atoms with Gasteiger partial charge in [0, 0.05) is 0 Å². The number of rotatable bonds is 4. The standard InChI is InChI=1S/C28H29.2ClH.Zr/c1-19(2)22-17-21-15-16-26(28(3,4)5)27(25(21)18-22)24-14-10-9-13-23(24)20-11-7-6-8-12-20;;;/h6-19H,1-5H3;2*1H;/q;;;+2/p-2. The van der Waals surface area contributed by atoms with E-state index in [0.717, 1.165) is 0 Å². The number of allylic oxidation sites excluding steroid dienone is 1. The van der Waals surface area contributed by atoms with Crippen molar-refractivity contribution >= 4 is 23.1 Å². The normalized spacial score (nSPS) is 15.7. The van der Waals surface area contributed by atoms with Crippen LogP contribution in [0.5, 0.6) is 0 Å². The van der Waals surface area contributed by atoms with Gasteiger partial charge in [-0.2, -0.15) is 0 Å². The van der Waals surface area contributed by atoms with Crippen LogP contribution in [-0.4, -0.2) is 0 Å². The van der Waals surface area contributed by atoms with Gasteiger partial charge in [-0.15, -0.1) is 0 Å². The van der Waals surface area contributed by atoms with Crippen LogP contribution in [0.2, 0.25) is 0 Å². The Morgan fingerprint density at radius 1 is 0.806 bits per heavy atom. The van der Waals surface area contributed by atoms with Gasteiger partial charge in [-0.3, -0.25) is 0 Å². The van der Waals surface area contributed by atoms with Crippen LogP contribution in [0.1, 0.15) is 54.9 Å². The van der Waals surface area contributed by atoms with Crippen molar-refractivity contribution < 1.29 is 19.4 Å². The van der Waals surface area contributed by atoms with Gasteiger partial charge in [0.15, 0.2) is 0 Å². The molecule has 0 spiro atoms. The minimum absolute atomic E-state index is 0.0155. The first-order valence-electron chi connectivity index (χ1n) is 10.9. The molecule has 0 heterocycles. The molecule has 3 aromatic rings. The van der Waals surface area contributed by atoms with Crippen molar-refractivity contribution in [2.24, 2.45) is 5.92 Å². The third-order valence-corrected chi connectivity index (χ3v) is 11.4. The molecule has 0 saturated heterocycles. The molecule has 31 heavy (non-hydrogen) atoms. The number of benzene rings is 3. The van der Waals surface area contributed by atoms with E-state index in [0.29, 0.717) is 5.92 Å². The van der Waals surface area contributed by atoms with E-state index in [4.69, 9.17) is 17.0 Å². The van der Waals surface area contributed by atoms with Gasteiger partial charge < -0.3 is 0 Å². The zero-order chi connectivity index (χ0) is 22.3. The van der Waals surface area contributed by atoms with Crippen molar-refractivity contribution in [1.82, 2.24) is 0 Å². The first-order chi connectivity index (χ1) is 14.7. The van der Waals surface area contributed by atoms with Gasteiger partial charge in [0.25, 0.3) is 0 Å². The Labute approximate surface area is 202 Å². The van der Waals surface area contributed by atoms with E-state index in [1.165, 1.54) is 44.5 Å². The van der Waals surface area contributed by atoms with Gasteiger partial charge in [-0.25, -0.2) is 0 Å². The summed E-state index contributed by atoms with van der Waals surface area (Å²) in [6.07, 6.45) is 2.41. The van der Waals surface area contributed by atoms with E-state index in [1.807, 2.05) is 0 Å². The molecule has 4 rings (SSSR count). The molecule has 0 N–H and O–H groups in total. The first kappa shape index (κ1) is 23.0. The second kappa shape index (κ2) is 9.01. The molecular formula is C28H29Cl2Zr. The van der Waals surface area contributed by atoms with Gasteiger partial charge in [-0.05, 0) is 0 Å². The average molecular weight is 528 g/mol. The number of hydrogen-bond acceptors (Lipinski definition) is 0. The molecule has 0 amide bonds. The molecule has 1 aliphatic rings. The second-order valence-electron chi connectivity index (χ2n) is 9.67. The average Bonchev–Trinajstić information content (AvgIpc) is 3.13. The molecule has 0 aromatic heterocycles. The number of fused-ring (bicyclic) bond motifs is 1. The first-order valence-corrected chi connectivity index (χ1v) is 18.7.